The molecule has 2 fully saturated rings. The third kappa shape index (κ3) is 4.63. The molecule has 1 atom stereocenters. The van der Waals surface area contributed by atoms with Crippen molar-refractivity contribution in [2.24, 2.45) is 0 Å². The monoisotopic (exact) mass is 490 g/mol. The van der Waals surface area contributed by atoms with Crippen LogP contribution < -0.4 is 10.2 Å². The minimum atomic E-state index is 0.0501. The van der Waals surface area contributed by atoms with Crippen LogP contribution in [0.15, 0.2) is 36.5 Å². The number of likely N-dealkylation sites (tertiary alicyclic amines) is 1. The van der Waals surface area contributed by atoms with E-state index >= 15 is 0 Å². The van der Waals surface area contributed by atoms with Gasteiger partial charge in [0.2, 0.25) is 5.91 Å². The Morgan fingerprint density at radius 3 is 2.97 bits per heavy atom. The second-order valence-electron chi connectivity index (χ2n) is 9.42. The van der Waals surface area contributed by atoms with E-state index in [1.54, 1.807) is 18.3 Å². The van der Waals surface area contributed by atoms with E-state index in [1.165, 1.54) is 4.88 Å². The molecule has 9 heteroatoms. The zero-order valence-electron chi connectivity index (χ0n) is 19.9. The maximum atomic E-state index is 11.5. The molecule has 0 saturated carbocycles. The van der Waals surface area contributed by atoms with E-state index in [1.807, 2.05) is 6.20 Å². The van der Waals surface area contributed by atoms with E-state index in [0.717, 1.165) is 83.9 Å². The van der Waals surface area contributed by atoms with Crippen LogP contribution in [-0.2, 0) is 16.1 Å². The SMILES string of the molecule is CC(=O)NC1CCCN(Cc2cc3nc(-c4cccc5[nH]ccc45)nc(N4CCOCC4)c3s2)C1. The number of amides is 1. The van der Waals surface area contributed by atoms with Gasteiger partial charge in [-0.2, -0.15) is 0 Å². The number of thiophene rings is 1. The molecule has 2 saturated heterocycles. The van der Waals surface area contributed by atoms with Gasteiger partial charge < -0.3 is 19.9 Å². The average Bonchev–Trinajstić information content (AvgIpc) is 3.50. The molecule has 0 spiro atoms. The standard InChI is InChI=1S/C26H30N6O2S/c1-17(33)28-18-4-3-9-31(15-18)16-19-14-23-24(35-19)26(32-10-12-34-13-11-32)30-25(29-23)21-5-2-6-22-20(21)7-8-27-22/h2,5-8,14,18,27H,3-4,9-13,15-16H2,1H3,(H,28,33). The number of ether oxygens (including phenoxy) is 1. The van der Waals surface area contributed by atoms with E-state index in [4.69, 9.17) is 14.7 Å². The van der Waals surface area contributed by atoms with Gasteiger partial charge in [-0.25, -0.2) is 9.97 Å². The van der Waals surface area contributed by atoms with Gasteiger partial charge >= 0.3 is 0 Å². The first-order valence-corrected chi connectivity index (χ1v) is 13.1. The zero-order valence-corrected chi connectivity index (χ0v) is 20.7. The maximum Gasteiger partial charge on any atom is 0.217 e. The van der Waals surface area contributed by atoms with Crippen LogP contribution in [-0.4, -0.2) is 71.2 Å². The number of fused-ring (bicyclic) bond motifs is 2. The molecule has 3 aromatic heterocycles. The van der Waals surface area contributed by atoms with Gasteiger partial charge in [-0.1, -0.05) is 12.1 Å². The summed E-state index contributed by atoms with van der Waals surface area (Å²) in [7, 11) is 0. The molecule has 1 aromatic carbocycles. The molecule has 8 nitrogen and oxygen atoms in total. The van der Waals surface area contributed by atoms with Crippen LogP contribution in [0.5, 0.6) is 0 Å². The Morgan fingerprint density at radius 1 is 1.23 bits per heavy atom. The van der Waals surface area contributed by atoms with Crippen molar-refractivity contribution in [1.82, 2.24) is 25.2 Å². The predicted molar refractivity (Wildman–Crippen MR) is 140 cm³/mol. The van der Waals surface area contributed by atoms with Crippen LogP contribution in [0.3, 0.4) is 0 Å². The molecule has 182 valence electrons. The Kier molecular flexibility index (Phi) is 6.13. The molecule has 1 unspecified atom stereocenters. The summed E-state index contributed by atoms with van der Waals surface area (Å²) in [4.78, 5) is 31.1. The molecular weight excluding hydrogens is 460 g/mol. The molecule has 5 heterocycles. The first-order chi connectivity index (χ1) is 17.1. The Bertz CT molecular complexity index is 1360. The molecule has 4 aromatic rings. The number of aromatic nitrogens is 3. The number of hydrogen-bond donors (Lipinski definition) is 2. The number of H-pyrrole nitrogens is 1. The van der Waals surface area contributed by atoms with E-state index in [2.05, 4.69) is 50.4 Å². The van der Waals surface area contributed by atoms with Gasteiger partial charge in [0.15, 0.2) is 11.6 Å². The molecular formula is C26H30N6O2S. The Hall–Kier alpha value is -3.01. The molecule has 1 amide bonds. The van der Waals surface area contributed by atoms with E-state index in [9.17, 15) is 4.79 Å². The summed E-state index contributed by atoms with van der Waals surface area (Å²) >= 11 is 1.79. The van der Waals surface area contributed by atoms with Crippen molar-refractivity contribution in [2.75, 3.05) is 44.3 Å². The number of hydrogen-bond acceptors (Lipinski definition) is 7. The van der Waals surface area contributed by atoms with Gasteiger partial charge in [0.25, 0.3) is 0 Å². The smallest absolute Gasteiger partial charge is 0.217 e. The van der Waals surface area contributed by atoms with Crippen LogP contribution in [0, 0.1) is 0 Å². The van der Waals surface area contributed by atoms with E-state index < -0.39 is 0 Å². The first-order valence-electron chi connectivity index (χ1n) is 12.3. The average molecular weight is 491 g/mol. The summed E-state index contributed by atoms with van der Waals surface area (Å²) in [5, 5.41) is 4.23. The Labute approximate surface area is 208 Å². The highest BCUT2D eigenvalue weighted by atomic mass is 32.1. The highest BCUT2D eigenvalue weighted by Gasteiger charge is 2.24. The summed E-state index contributed by atoms with van der Waals surface area (Å²) in [6.07, 6.45) is 4.10. The van der Waals surface area contributed by atoms with Crippen LogP contribution in [0.25, 0.3) is 32.5 Å². The minimum absolute atomic E-state index is 0.0501. The van der Waals surface area contributed by atoms with Gasteiger partial charge in [-0.05, 0) is 37.6 Å². The molecule has 0 bridgehead atoms. The lowest BCUT2D eigenvalue weighted by atomic mass is 10.1. The van der Waals surface area contributed by atoms with Crippen molar-refractivity contribution in [3.8, 4) is 11.4 Å². The lowest BCUT2D eigenvalue weighted by Gasteiger charge is -2.32. The van der Waals surface area contributed by atoms with Crippen LogP contribution in [0.1, 0.15) is 24.6 Å². The number of nitrogens with one attached hydrogen (secondary N) is 2. The number of carbonyl (C=O) groups is 1. The highest BCUT2D eigenvalue weighted by Crippen LogP contribution is 2.36. The van der Waals surface area contributed by atoms with E-state index in [-0.39, 0.29) is 11.9 Å². The van der Waals surface area contributed by atoms with Crippen LogP contribution in [0.4, 0.5) is 5.82 Å². The molecule has 2 N–H and O–H groups in total. The zero-order chi connectivity index (χ0) is 23.8. The molecule has 2 aliphatic rings. The summed E-state index contributed by atoms with van der Waals surface area (Å²) in [5.41, 5.74) is 3.13. The van der Waals surface area contributed by atoms with Gasteiger partial charge in [-0.3, -0.25) is 9.69 Å². The fourth-order valence-corrected chi connectivity index (χ4v) is 6.41. The predicted octanol–water partition coefficient (Wildman–Crippen LogP) is 3.78. The minimum Gasteiger partial charge on any atom is -0.378 e. The molecule has 2 aliphatic heterocycles. The number of carbonyl (C=O) groups excluding carboxylic acids is 1. The number of nitrogens with zero attached hydrogens (tertiary/aromatic N) is 4. The van der Waals surface area contributed by atoms with Crippen LogP contribution in [0.2, 0.25) is 0 Å². The summed E-state index contributed by atoms with van der Waals surface area (Å²) in [6, 6.07) is 10.8. The van der Waals surface area contributed by atoms with Gasteiger partial charge in [0, 0.05) is 66.7 Å². The van der Waals surface area contributed by atoms with Crippen molar-refractivity contribution >= 4 is 44.2 Å². The quantitative estimate of drug-likeness (QED) is 0.443. The topological polar surface area (TPSA) is 86.4 Å². The molecule has 0 radical (unpaired) electrons. The number of morpholine rings is 1. The van der Waals surface area contributed by atoms with E-state index in [0.29, 0.717) is 13.2 Å². The number of aromatic amines is 1. The highest BCUT2D eigenvalue weighted by molar-refractivity contribution is 7.19. The second kappa shape index (κ2) is 9.56. The number of piperidine rings is 1. The Morgan fingerprint density at radius 2 is 2.11 bits per heavy atom. The fraction of sp³-hybridized carbons (Fsp3) is 0.423. The Balaban J connectivity index is 1.37. The number of anilines is 1. The van der Waals surface area contributed by atoms with Crippen molar-refractivity contribution in [1.29, 1.82) is 0 Å². The van der Waals surface area contributed by atoms with Gasteiger partial charge in [0.1, 0.15) is 0 Å². The molecule has 35 heavy (non-hydrogen) atoms. The fourth-order valence-electron chi connectivity index (χ4n) is 5.26. The largest absolute Gasteiger partial charge is 0.378 e. The van der Waals surface area contributed by atoms with Crippen LogP contribution >= 0.6 is 11.3 Å². The summed E-state index contributed by atoms with van der Waals surface area (Å²) < 4.78 is 6.76. The number of rotatable bonds is 5. The second-order valence-corrected chi connectivity index (χ2v) is 10.6. The lowest BCUT2D eigenvalue weighted by Crippen LogP contribution is -2.46. The van der Waals surface area contributed by atoms with Crippen molar-refractivity contribution in [2.45, 2.75) is 32.4 Å². The lowest BCUT2D eigenvalue weighted by molar-refractivity contribution is -0.120. The maximum absolute atomic E-state index is 11.5. The van der Waals surface area contributed by atoms with Crippen molar-refractivity contribution in [3.63, 3.8) is 0 Å². The normalized spacial score (nSPS) is 19.5. The molecule has 6 rings (SSSR count). The summed E-state index contributed by atoms with van der Waals surface area (Å²) in [6.45, 7) is 7.49. The number of benzene rings is 1. The van der Waals surface area contributed by atoms with Crippen molar-refractivity contribution in [3.05, 3.63) is 41.4 Å². The third-order valence-electron chi connectivity index (χ3n) is 6.84. The van der Waals surface area contributed by atoms with Crippen molar-refractivity contribution < 1.29 is 9.53 Å². The van der Waals surface area contributed by atoms with Gasteiger partial charge in [0.05, 0.1) is 23.4 Å². The third-order valence-corrected chi connectivity index (χ3v) is 7.95. The summed E-state index contributed by atoms with van der Waals surface area (Å²) in [5.74, 6) is 1.82. The molecule has 0 aliphatic carbocycles. The first kappa shape index (κ1) is 22.5. The van der Waals surface area contributed by atoms with Gasteiger partial charge in [-0.15, -0.1) is 11.3 Å².